The molecule has 0 aliphatic heterocycles. The summed E-state index contributed by atoms with van der Waals surface area (Å²) in [6, 6.07) is 0. The third-order valence-electron chi connectivity index (χ3n) is 0. The Labute approximate surface area is 59.8 Å². The van der Waals surface area contributed by atoms with Gasteiger partial charge in [0.05, 0.1) is 0 Å². The van der Waals surface area contributed by atoms with E-state index in [0.717, 1.165) is 0 Å². The first-order valence-corrected chi connectivity index (χ1v) is 0.595. The monoisotopic (exact) mass is 128 g/mol. The van der Waals surface area contributed by atoms with Gasteiger partial charge in [0.1, 0.15) is 0 Å². The molecular formula is H5AlFeMgO. The Hall–Kier alpha value is 1.62. The van der Waals surface area contributed by atoms with Crippen molar-refractivity contribution in [2.24, 2.45) is 0 Å². The van der Waals surface area contributed by atoms with E-state index in [1.807, 2.05) is 15.9 Å². The topological polar surface area (TPSA) is 17.1 Å². The quantitative estimate of drug-likeness (QED) is 0.338. The molecule has 0 fully saturated rings. The minimum absolute atomic E-state index is 0. The molecule has 0 amide bonds. The molecular weight excluding hydrogens is 123 g/mol. The van der Waals surface area contributed by atoms with Crippen LogP contribution in [-0.2, 0) is 19.8 Å². The van der Waals surface area contributed by atoms with Crippen molar-refractivity contribution in [3.63, 3.8) is 0 Å². The molecule has 24 valence electrons. The molecule has 0 unspecified atom stereocenters. The second-order valence-electron chi connectivity index (χ2n) is 0. The second kappa shape index (κ2) is 23.1. The van der Waals surface area contributed by atoms with E-state index in [1.54, 1.807) is 0 Å². The van der Waals surface area contributed by atoms with Gasteiger partial charge in [0.25, 0.3) is 0 Å². The molecule has 1 nitrogen and oxygen atoms in total. The Morgan fingerprint density at radius 1 is 1.25 bits per heavy atom. The van der Waals surface area contributed by atoms with Gasteiger partial charge >= 0.3 is 42.8 Å². The Morgan fingerprint density at radius 2 is 1.25 bits per heavy atom. The zero-order chi connectivity index (χ0) is 2.00. The summed E-state index contributed by atoms with van der Waals surface area (Å²) in [6.07, 6.45) is 0. The van der Waals surface area contributed by atoms with Crippen LogP contribution in [0.15, 0.2) is 0 Å². The molecule has 0 bridgehead atoms. The van der Waals surface area contributed by atoms with Crippen LogP contribution in [0, 0.1) is 0 Å². The third-order valence-corrected chi connectivity index (χ3v) is 0. The maximum absolute atomic E-state index is 8.00. The van der Waals surface area contributed by atoms with Crippen LogP contribution in [0.25, 0.3) is 0 Å². The van der Waals surface area contributed by atoms with Gasteiger partial charge in [-0.05, 0) is 0 Å². The van der Waals surface area contributed by atoms with E-state index in [9.17, 15) is 0 Å². The van der Waals surface area contributed by atoms with Crippen molar-refractivity contribution in [3.05, 3.63) is 0 Å². The van der Waals surface area contributed by atoms with Gasteiger partial charge in [-0.2, -0.15) is 0 Å². The summed E-state index contributed by atoms with van der Waals surface area (Å²) in [5.74, 6) is 0. The van der Waals surface area contributed by atoms with Gasteiger partial charge in [0.15, 0.2) is 17.4 Å². The summed E-state index contributed by atoms with van der Waals surface area (Å²) in [5.41, 5.74) is 0. The molecule has 0 aromatic rings. The van der Waals surface area contributed by atoms with Crippen molar-refractivity contribution >= 4 is 40.4 Å². The third kappa shape index (κ3) is 9.47. The Kier molecular flexibility index (Phi) is 101. The Morgan fingerprint density at radius 3 is 1.25 bits per heavy atom. The van der Waals surface area contributed by atoms with Crippen molar-refractivity contribution < 1.29 is 19.8 Å². The first-order chi connectivity index (χ1) is 1.00. The maximum atomic E-state index is 8.00. The molecule has 0 saturated heterocycles. The van der Waals surface area contributed by atoms with Crippen molar-refractivity contribution in [1.82, 2.24) is 0 Å². The van der Waals surface area contributed by atoms with Crippen LogP contribution in [0.5, 0.6) is 0 Å². The Bertz CT molecular complexity index is 8.00. The molecule has 0 aromatic carbocycles. The zero-order valence-electron chi connectivity index (χ0n) is 0.762. The van der Waals surface area contributed by atoms with Crippen LogP contribution in [0.1, 0.15) is 0 Å². The zero-order valence-corrected chi connectivity index (χ0v) is 1.87. The second-order valence-corrected chi connectivity index (χ2v) is 0. The van der Waals surface area contributed by atoms with Gasteiger partial charge < -0.3 is 0 Å². The predicted octanol–water partition coefficient (Wildman–Crippen LogP) is -2.22. The van der Waals surface area contributed by atoms with E-state index >= 15 is 0 Å². The average Bonchev–Trinajstić information content (AvgIpc) is 1.00. The first-order valence-electron chi connectivity index (χ1n) is 0.144. The summed E-state index contributed by atoms with van der Waals surface area (Å²) < 4.78 is 8.00. The first kappa shape index (κ1) is 17.5. The molecule has 4 heteroatoms. The summed E-state index contributed by atoms with van der Waals surface area (Å²) in [5, 5.41) is 0. The fourth-order valence-electron chi connectivity index (χ4n) is 0. The van der Waals surface area contributed by atoms with E-state index in [0.29, 0.717) is 0 Å². The molecule has 0 saturated carbocycles. The fourth-order valence-corrected chi connectivity index (χ4v) is 0. The van der Waals surface area contributed by atoms with Crippen LogP contribution in [0.2, 0.25) is 0 Å². The van der Waals surface area contributed by atoms with Gasteiger partial charge in [-0.3, -0.25) is 0 Å². The molecule has 0 aromatic heterocycles. The van der Waals surface area contributed by atoms with Gasteiger partial charge in [0, 0.05) is 0 Å². The summed E-state index contributed by atoms with van der Waals surface area (Å²) >= 11 is 2.00. The fraction of sp³-hybridized carbons (Fsp3) is 0. The van der Waals surface area contributed by atoms with E-state index < -0.39 is 0 Å². The van der Waals surface area contributed by atoms with Gasteiger partial charge in [-0.15, -0.1) is 0 Å². The van der Waals surface area contributed by atoms with Gasteiger partial charge in [0.2, 0.25) is 0 Å². The van der Waals surface area contributed by atoms with E-state index in [-0.39, 0.29) is 40.4 Å². The minimum atomic E-state index is 0. The van der Waals surface area contributed by atoms with Crippen molar-refractivity contribution in [2.75, 3.05) is 0 Å². The standard InChI is InChI=1S/Al.Fe.Mg.O.5H. The van der Waals surface area contributed by atoms with Crippen LogP contribution in [0.3, 0.4) is 0 Å². The molecule has 0 radical (unpaired) electrons. The van der Waals surface area contributed by atoms with E-state index in [4.69, 9.17) is 3.83 Å². The van der Waals surface area contributed by atoms with Crippen molar-refractivity contribution in [3.8, 4) is 0 Å². The van der Waals surface area contributed by atoms with Crippen molar-refractivity contribution in [2.45, 2.75) is 0 Å². The van der Waals surface area contributed by atoms with E-state index in [1.165, 1.54) is 0 Å². The predicted molar refractivity (Wildman–Crippen MR) is 19.2 cm³/mol. The number of hydrogen-bond donors (Lipinski definition) is 0. The van der Waals surface area contributed by atoms with Crippen molar-refractivity contribution in [1.29, 1.82) is 0 Å². The summed E-state index contributed by atoms with van der Waals surface area (Å²) in [6.45, 7) is 0. The molecule has 0 aliphatic rings. The molecule has 0 rings (SSSR count). The molecule has 0 spiro atoms. The van der Waals surface area contributed by atoms with Gasteiger partial charge in [-0.25, -0.2) is 0 Å². The van der Waals surface area contributed by atoms with Gasteiger partial charge in [-0.1, -0.05) is 0 Å². The van der Waals surface area contributed by atoms with Crippen LogP contribution in [-0.4, -0.2) is 40.4 Å². The summed E-state index contributed by atoms with van der Waals surface area (Å²) in [7, 11) is 0. The normalized spacial score (nSPS) is 1.25. The summed E-state index contributed by atoms with van der Waals surface area (Å²) in [4.78, 5) is 0. The van der Waals surface area contributed by atoms with E-state index in [2.05, 4.69) is 0 Å². The molecule has 0 N–H and O–H groups in total. The molecule has 0 atom stereocenters. The number of rotatable bonds is 0. The van der Waals surface area contributed by atoms with Crippen LogP contribution >= 0.6 is 0 Å². The van der Waals surface area contributed by atoms with Crippen LogP contribution < -0.4 is 0 Å². The Balaban J connectivity index is -0.00000000500. The number of hydrogen-bond acceptors (Lipinski definition) is 1. The molecule has 4 heavy (non-hydrogen) atoms. The average molecular weight is 128 g/mol. The molecule has 0 aliphatic carbocycles. The SMILES string of the molecule is [AlH3].[MgH2].[O]=[Fe]. The van der Waals surface area contributed by atoms with Crippen LogP contribution in [0.4, 0.5) is 0 Å². The molecule has 0 heterocycles.